The van der Waals surface area contributed by atoms with Gasteiger partial charge >= 0.3 is 0 Å². The molecule has 0 spiro atoms. The first-order chi connectivity index (χ1) is 6.54. The third-order valence-electron chi connectivity index (χ3n) is 2.27. The van der Waals surface area contributed by atoms with Crippen molar-refractivity contribution in [1.29, 1.82) is 0 Å². The first-order valence-corrected chi connectivity index (χ1v) is 4.65. The Balaban J connectivity index is 2.58. The van der Waals surface area contributed by atoms with Crippen LogP contribution in [0.3, 0.4) is 0 Å². The highest BCUT2D eigenvalue weighted by molar-refractivity contribution is 5.94. The normalized spacial score (nSPS) is 24.8. The number of piperazine rings is 1. The highest BCUT2D eigenvalue weighted by atomic mass is 16.5. The van der Waals surface area contributed by atoms with E-state index in [9.17, 15) is 9.59 Å². The number of hydrogen-bond donors (Lipinski definition) is 1. The molecule has 80 valence electrons. The Morgan fingerprint density at radius 2 is 2.29 bits per heavy atom. The van der Waals surface area contributed by atoms with E-state index in [1.807, 2.05) is 6.92 Å². The van der Waals surface area contributed by atoms with Gasteiger partial charge in [0.25, 0.3) is 0 Å². The quantitative estimate of drug-likeness (QED) is 0.659. The van der Waals surface area contributed by atoms with E-state index in [-0.39, 0.29) is 24.5 Å². The molecule has 0 radical (unpaired) electrons. The van der Waals surface area contributed by atoms with Gasteiger partial charge in [-0.3, -0.25) is 9.59 Å². The fourth-order valence-electron chi connectivity index (χ4n) is 1.41. The zero-order chi connectivity index (χ0) is 10.7. The van der Waals surface area contributed by atoms with Gasteiger partial charge in [-0.2, -0.15) is 0 Å². The Kier molecular flexibility index (Phi) is 3.46. The van der Waals surface area contributed by atoms with Gasteiger partial charge in [0.05, 0.1) is 12.6 Å². The molecule has 1 saturated heterocycles. The summed E-state index contributed by atoms with van der Waals surface area (Å²) < 4.78 is 5.05. The lowest BCUT2D eigenvalue weighted by Gasteiger charge is -2.32. The zero-order valence-electron chi connectivity index (χ0n) is 8.74. The number of rotatable bonds is 3. The average Bonchev–Trinajstić information content (AvgIpc) is 2.13. The van der Waals surface area contributed by atoms with Gasteiger partial charge < -0.3 is 15.0 Å². The van der Waals surface area contributed by atoms with Crippen molar-refractivity contribution in [2.45, 2.75) is 26.0 Å². The predicted octanol–water partition coefficient (Wildman–Crippen LogP) is -0.632. The largest absolute Gasteiger partial charge is 0.380 e. The molecule has 2 unspecified atom stereocenters. The van der Waals surface area contributed by atoms with Gasteiger partial charge in [0, 0.05) is 13.7 Å². The van der Waals surface area contributed by atoms with Crippen molar-refractivity contribution in [3.63, 3.8) is 0 Å². The first kappa shape index (κ1) is 11.0. The van der Waals surface area contributed by atoms with Crippen molar-refractivity contribution >= 4 is 11.8 Å². The lowest BCUT2D eigenvalue weighted by molar-refractivity contribution is -0.145. The molecule has 1 aliphatic heterocycles. The van der Waals surface area contributed by atoms with Gasteiger partial charge in [-0.1, -0.05) is 0 Å². The maximum absolute atomic E-state index is 11.6. The highest BCUT2D eigenvalue weighted by Gasteiger charge is 2.29. The molecule has 2 amide bonds. The summed E-state index contributed by atoms with van der Waals surface area (Å²) >= 11 is 0. The fraction of sp³-hybridized carbons (Fsp3) is 0.778. The van der Waals surface area contributed by atoms with E-state index in [2.05, 4.69) is 5.32 Å². The molecule has 0 aromatic carbocycles. The van der Waals surface area contributed by atoms with Crippen LogP contribution in [0.4, 0.5) is 0 Å². The first-order valence-electron chi connectivity index (χ1n) is 4.65. The van der Waals surface area contributed by atoms with Crippen LogP contribution in [-0.4, -0.2) is 49.1 Å². The molecule has 1 heterocycles. The molecule has 0 aromatic heterocycles. The van der Waals surface area contributed by atoms with Crippen LogP contribution in [0.15, 0.2) is 0 Å². The molecule has 0 saturated carbocycles. The van der Waals surface area contributed by atoms with Crippen LogP contribution in [0.5, 0.6) is 0 Å². The van der Waals surface area contributed by atoms with Crippen LogP contribution in [0.2, 0.25) is 0 Å². The number of carbonyl (C=O) groups excluding carboxylic acids is 2. The summed E-state index contributed by atoms with van der Waals surface area (Å²) in [4.78, 5) is 24.3. The van der Waals surface area contributed by atoms with Crippen LogP contribution < -0.4 is 5.32 Å². The predicted molar refractivity (Wildman–Crippen MR) is 50.7 cm³/mol. The average molecular weight is 200 g/mol. The standard InChI is InChI=1S/C9H16N2O3/c1-6(14-3)4-11-5-8(12)10-7(2)9(11)13/h6-7H,4-5H2,1-3H3,(H,10,12). The lowest BCUT2D eigenvalue weighted by Crippen LogP contribution is -2.58. The molecule has 5 nitrogen and oxygen atoms in total. The van der Waals surface area contributed by atoms with Crippen molar-refractivity contribution in [2.24, 2.45) is 0 Å². The van der Waals surface area contributed by atoms with Crippen molar-refractivity contribution in [3.8, 4) is 0 Å². The summed E-state index contributed by atoms with van der Waals surface area (Å²) in [5.74, 6) is -0.158. The van der Waals surface area contributed by atoms with E-state index in [1.54, 1.807) is 14.0 Å². The summed E-state index contributed by atoms with van der Waals surface area (Å²) in [6, 6.07) is -0.416. The third-order valence-corrected chi connectivity index (χ3v) is 2.27. The van der Waals surface area contributed by atoms with E-state index >= 15 is 0 Å². The number of ether oxygens (including phenoxy) is 1. The highest BCUT2D eigenvalue weighted by Crippen LogP contribution is 2.04. The van der Waals surface area contributed by atoms with Gasteiger partial charge in [-0.05, 0) is 13.8 Å². The van der Waals surface area contributed by atoms with Gasteiger partial charge in [0.1, 0.15) is 6.04 Å². The van der Waals surface area contributed by atoms with E-state index in [0.29, 0.717) is 6.54 Å². The zero-order valence-corrected chi connectivity index (χ0v) is 8.74. The number of nitrogens with zero attached hydrogens (tertiary/aromatic N) is 1. The van der Waals surface area contributed by atoms with Gasteiger partial charge in [0.15, 0.2) is 0 Å². The third kappa shape index (κ3) is 2.45. The topological polar surface area (TPSA) is 58.6 Å². The molecule has 2 atom stereocenters. The molecule has 0 aliphatic carbocycles. The second kappa shape index (κ2) is 4.41. The summed E-state index contributed by atoms with van der Waals surface area (Å²) in [6.07, 6.45) is -0.0444. The number of hydrogen-bond acceptors (Lipinski definition) is 3. The van der Waals surface area contributed by atoms with Crippen LogP contribution in [0.1, 0.15) is 13.8 Å². The van der Waals surface area contributed by atoms with E-state index < -0.39 is 6.04 Å². The fourth-order valence-corrected chi connectivity index (χ4v) is 1.41. The second-order valence-corrected chi connectivity index (χ2v) is 3.55. The number of nitrogens with one attached hydrogen (secondary N) is 1. The van der Waals surface area contributed by atoms with Gasteiger partial charge in [-0.25, -0.2) is 0 Å². The molecular formula is C9H16N2O3. The minimum Gasteiger partial charge on any atom is -0.380 e. The Labute approximate surface area is 83.4 Å². The Bertz CT molecular complexity index is 242. The number of amides is 2. The molecular weight excluding hydrogens is 184 g/mol. The molecule has 14 heavy (non-hydrogen) atoms. The second-order valence-electron chi connectivity index (χ2n) is 3.55. The molecule has 5 heteroatoms. The van der Waals surface area contributed by atoms with Gasteiger partial charge in [0.2, 0.25) is 11.8 Å². The van der Waals surface area contributed by atoms with Crippen molar-refractivity contribution in [2.75, 3.05) is 20.2 Å². The summed E-state index contributed by atoms with van der Waals surface area (Å²) in [5, 5.41) is 2.58. The maximum Gasteiger partial charge on any atom is 0.245 e. The minimum absolute atomic E-state index is 0.0444. The molecule has 0 bridgehead atoms. The number of methoxy groups -OCH3 is 1. The molecule has 1 aliphatic rings. The van der Waals surface area contributed by atoms with Crippen molar-refractivity contribution in [3.05, 3.63) is 0 Å². The molecule has 1 N–H and O–H groups in total. The lowest BCUT2D eigenvalue weighted by atomic mass is 10.2. The van der Waals surface area contributed by atoms with Gasteiger partial charge in [-0.15, -0.1) is 0 Å². The smallest absolute Gasteiger partial charge is 0.245 e. The summed E-state index contributed by atoms with van der Waals surface area (Å²) in [6.45, 7) is 4.15. The van der Waals surface area contributed by atoms with E-state index in [1.165, 1.54) is 4.90 Å². The number of carbonyl (C=O) groups is 2. The monoisotopic (exact) mass is 200 g/mol. The maximum atomic E-state index is 11.6. The van der Waals surface area contributed by atoms with Crippen LogP contribution in [-0.2, 0) is 14.3 Å². The molecule has 1 rings (SSSR count). The molecule has 0 aromatic rings. The Hall–Kier alpha value is -1.10. The SMILES string of the molecule is COC(C)CN1CC(=O)NC(C)C1=O. The van der Waals surface area contributed by atoms with E-state index in [0.717, 1.165) is 0 Å². The van der Waals surface area contributed by atoms with Crippen molar-refractivity contribution < 1.29 is 14.3 Å². The van der Waals surface area contributed by atoms with Crippen LogP contribution in [0, 0.1) is 0 Å². The summed E-state index contributed by atoms with van der Waals surface area (Å²) in [5.41, 5.74) is 0. The molecule has 1 fully saturated rings. The Morgan fingerprint density at radius 1 is 1.64 bits per heavy atom. The van der Waals surface area contributed by atoms with Crippen LogP contribution in [0.25, 0.3) is 0 Å². The summed E-state index contributed by atoms with van der Waals surface area (Å²) in [7, 11) is 1.59. The van der Waals surface area contributed by atoms with Crippen LogP contribution >= 0.6 is 0 Å². The Morgan fingerprint density at radius 3 is 2.86 bits per heavy atom. The minimum atomic E-state index is -0.416. The van der Waals surface area contributed by atoms with E-state index in [4.69, 9.17) is 4.74 Å². The van der Waals surface area contributed by atoms with Crippen molar-refractivity contribution in [1.82, 2.24) is 10.2 Å².